The number of carbonyl (C=O) groups is 1. The Morgan fingerprint density at radius 3 is 2.86 bits per heavy atom. The molecule has 29 heavy (non-hydrogen) atoms. The molecule has 1 aliphatic carbocycles. The van der Waals surface area contributed by atoms with Gasteiger partial charge in [-0.05, 0) is 25.0 Å². The number of pyridine rings is 1. The predicted octanol–water partition coefficient (Wildman–Crippen LogP) is 5.35. The van der Waals surface area contributed by atoms with Crippen LogP contribution in [-0.2, 0) is 17.8 Å². The van der Waals surface area contributed by atoms with E-state index in [1.807, 2.05) is 6.07 Å². The summed E-state index contributed by atoms with van der Waals surface area (Å²) in [4.78, 5) is 15.3. The average Bonchev–Trinajstić information content (AvgIpc) is 3.33. The van der Waals surface area contributed by atoms with E-state index in [1.165, 1.54) is 12.8 Å². The van der Waals surface area contributed by atoms with Crippen LogP contribution in [0.15, 0.2) is 40.1 Å². The number of fused-ring (bicyclic) bond motifs is 1. The number of ether oxygens (including phenoxy) is 1. The van der Waals surface area contributed by atoms with Crippen LogP contribution in [0.5, 0.6) is 5.75 Å². The number of thioether (sulfide) groups is 1. The molecule has 8 heteroatoms. The van der Waals surface area contributed by atoms with Crippen molar-refractivity contribution >= 4 is 28.7 Å². The summed E-state index contributed by atoms with van der Waals surface area (Å²) in [5.41, 5.74) is 0.748. The molecule has 5 nitrogen and oxygen atoms in total. The number of carboxylic acid groups (broad SMARTS) is 1. The molecule has 0 aliphatic heterocycles. The van der Waals surface area contributed by atoms with Crippen LogP contribution in [-0.4, -0.2) is 21.3 Å². The Labute approximate surface area is 170 Å². The molecule has 1 fully saturated rings. The summed E-state index contributed by atoms with van der Waals surface area (Å²) in [5, 5.41) is 10.3. The number of hydrogen-bond donors (Lipinski definition) is 1. The smallest absolute Gasteiger partial charge is 0.307 e. The zero-order valence-electron chi connectivity index (χ0n) is 15.5. The highest BCUT2D eigenvalue weighted by atomic mass is 32.2. The fourth-order valence-electron chi connectivity index (χ4n) is 3.52. The molecule has 2 aromatic heterocycles. The first-order valence-electron chi connectivity index (χ1n) is 9.36. The second-order valence-electron chi connectivity index (χ2n) is 6.99. The fourth-order valence-corrected chi connectivity index (χ4v) is 4.80. The SMILES string of the molecule is O=C(O)Cc1coc2c(F)c(OCc3cccnc3SC3CCCC3)c(F)cc12. The lowest BCUT2D eigenvalue weighted by Crippen LogP contribution is -2.04. The second kappa shape index (κ2) is 8.41. The van der Waals surface area contributed by atoms with Gasteiger partial charge in [0.25, 0.3) is 0 Å². The summed E-state index contributed by atoms with van der Waals surface area (Å²) in [6, 6.07) is 4.64. The lowest BCUT2D eigenvalue weighted by atomic mass is 10.1. The first-order valence-corrected chi connectivity index (χ1v) is 10.2. The monoisotopic (exact) mass is 419 g/mol. The molecule has 2 heterocycles. The highest BCUT2D eigenvalue weighted by molar-refractivity contribution is 7.99. The van der Waals surface area contributed by atoms with Crippen molar-refractivity contribution in [3.05, 3.63) is 53.4 Å². The van der Waals surface area contributed by atoms with Crippen molar-refractivity contribution in [2.75, 3.05) is 0 Å². The van der Waals surface area contributed by atoms with Crippen LogP contribution in [0.4, 0.5) is 8.78 Å². The molecule has 3 aromatic rings. The third-order valence-electron chi connectivity index (χ3n) is 4.94. The lowest BCUT2D eigenvalue weighted by molar-refractivity contribution is -0.136. The Kier molecular flexibility index (Phi) is 5.71. The normalized spacial score (nSPS) is 14.6. The minimum Gasteiger partial charge on any atom is -0.483 e. The van der Waals surface area contributed by atoms with Crippen molar-refractivity contribution in [3.63, 3.8) is 0 Å². The van der Waals surface area contributed by atoms with E-state index in [0.717, 1.165) is 35.8 Å². The van der Waals surface area contributed by atoms with Crippen LogP contribution in [0, 0.1) is 11.6 Å². The number of aromatic nitrogens is 1. The van der Waals surface area contributed by atoms with E-state index in [0.29, 0.717) is 5.25 Å². The number of hydrogen-bond acceptors (Lipinski definition) is 5. The van der Waals surface area contributed by atoms with E-state index in [4.69, 9.17) is 14.3 Å². The molecule has 0 radical (unpaired) electrons. The van der Waals surface area contributed by atoms with Crippen LogP contribution in [0.1, 0.15) is 36.8 Å². The molecule has 0 saturated heterocycles. The van der Waals surface area contributed by atoms with Crippen molar-refractivity contribution in [1.82, 2.24) is 4.98 Å². The summed E-state index contributed by atoms with van der Waals surface area (Å²) in [6.45, 7) is -0.0368. The highest BCUT2D eigenvalue weighted by Gasteiger charge is 2.22. The minimum atomic E-state index is -1.11. The quantitative estimate of drug-likeness (QED) is 0.557. The van der Waals surface area contributed by atoms with Crippen molar-refractivity contribution in [2.24, 2.45) is 0 Å². The minimum absolute atomic E-state index is 0.0368. The van der Waals surface area contributed by atoms with Gasteiger partial charge in [0.1, 0.15) is 11.6 Å². The van der Waals surface area contributed by atoms with Gasteiger partial charge in [0.05, 0.1) is 12.7 Å². The molecule has 0 atom stereocenters. The van der Waals surface area contributed by atoms with E-state index in [-0.39, 0.29) is 29.6 Å². The number of rotatable bonds is 7. The Balaban J connectivity index is 1.57. The van der Waals surface area contributed by atoms with E-state index >= 15 is 0 Å². The molecule has 1 aromatic carbocycles. The van der Waals surface area contributed by atoms with Crippen LogP contribution in [0.3, 0.4) is 0 Å². The maximum absolute atomic E-state index is 14.8. The fraction of sp³-hybridized carbons (Fsp3) is 0.333. The number of nitrogens with zero attached hydrogens (tertiary/aromatic N) is 1. The molecule has 0 amide bonds. The largest absolute Gasteiger partial charge is 0.483 e. The topological polar surface area (TPSA) is 72.6 Å². The van der Waals surface area contributed by atoms with E-state index in [1.54, 1.807) is 24.0 Å². The van der Waals surface area contributed by atoms with Crippen LogP contribution in [0.2, 0.25) is 0 Å². The molecular weight excluding hydrogens is 400 g/mol. The first kappa shape index (κ1) is 19.7. The standard InChI is InChI=1S/C21H19F2NO4S/c22-16-9-15-13(8-17(25)26)11-27-19(15)18(23)20(16)28-10-12-4-3-7-24-21(12)29-14-5-1-2-6-14/h3-4,7,9,11,14H,1-2,5-6,8,10H2,(H,25,26). The van der Waals surface area contributed by atoms with E-state index in [2.05, 4.69) is 4.98 Å². The van der Waals surface area contributed by atoms with Gasteiger partial charge in [0.15, 0.2) is 17.1 Å². The molecule has 1 saturated carbocycles. The maximum atomic E-state index is 14.8. The van der Waals surface area contributed by atoms with Gasteiger partial charge in [0, 0.05) is 28.0 Å². The Hall–Kier alpha value is -2.61. The summed E-state index contributed by atoms with van der Waals surface area (Å²) < 4.78 is 39.9. The van der Waals surface area contributed by atoms with Gasteiger partial charge in [-0.2, -0.15) is 4.39 Å². The number of aliphatic carboxylic acids is 1. The Morgan fingerprint density at radius 2 is 2.10 bits per heavy atom. The second-order valence-corrected chi connectivity index (χ2v) is 8.28. The van der Waals surface area contributed by atoms with Crippen molar-refractivity contribution in [1.29, 1.82) is 0 Å². The Morgan fingerprint density at radius 1 is 1.31 bits per heavy atom. The van der Waals surface area contributed by atoms with Gasteiger partial charge < -0.3 is 14.3 Å². The number of carboxylic acids is 1. The summed E-state index contributed by atoms with van der Waals surface area (Å²) in [7, 11) is 0. The molecule has 152 valence electrons. The van der Waals surface area contributed by atoms with E-state index < -0.39 is 23.4 Å². The van der Waals surface area contributed by atoms with Gasteiger partial charge in [-0.3, -0.25) is 4.79 Å². The first-order chi connectivity index (χ1) is 14.0. The third kappa shape index (κ3) is 4.22. The van der Waals surface area contributed by atoms with Gasteiger partial charge >= 0.3 is 5.97 Å². The highest BCUT2D eigenvalue weighted by Crippen LogP contribution is 2.37. The molecular formula is C21H19F2NO4S. The lowest BCUT2D eigenvalue weighted by Gasteiger charge is -2.13. The summed E-state index contributed by atoms with van der Waals surface area (Å²) in [5.74, 6) is -3.55. The van der Waals surface area contributed by atoms with E-state index in [9.17, 15) is 13.6 Å². The van der Waals surface area contributed by atoms with Crippen LogP contribution in [0.25, 0.3) is 11.0 Å². The Bertz CT molecular complexity index is 1050. The van der Waals surface area contributed by atoms with Gasteiger partial charge in [-0.1, -0.05) is 18.9 Å². The number of halogens is 2. The number of furan rings is 1. The van der Waals surface area contributed by atoms with Crippen LogP contribution >= 0.6 is 11.8 Å². The van der Waals surface area contributed by atoms with Gasteiger partial charge in [-0.15, -0.1) is 11.8 Å². The molecule has 0 spiro atoms. The van der Waals surface area contributed by atoms with Gasteiger partial charge in [0.2, 0.25) is 5.82 Å². The molecule has 1 N–H and O–H groups in total. The predicted molar refractivity (Wildman–Crippen MR) is 104 cm³/mol. The average molecular weight is 419 g/mol. The summed E-state index contributed by atoms with van der Waals surface area (Å²) >= 11 is 1.68. The van der Waals surface area contributed by atoms with Crippen molar-refractivity contribution in [3.8, 4) is 5.75 Å². The van der Waals surface area contributed by atoms with Crippen molar-refractivity contribution < 1.29 is 27.8 Å². The molecule has 4 rings (SSSR count). The molecule has 0 bridgehead atoms. The van der Waals surface area contributed by atoms with Crippen molar-refractivity contribution in [2.45, 2.75) is 49.0 Å². The third-order valence-corrected chi connectivity index (χ3v) is 6.34. The zero-order chi connectivity index (χ0) is 20.4. The van der Waals surface area contributed by atoms with Gasteiger partial charge in [-0.25, -0.2) is 9.37 Å². The molecule has 0 unspecified atom stereocenters. The molecule has 1 aliphatic rings. The summed E-state index contributed by atoms with van der Waals surface area (Å²) in [6.07, 6.45) is 7.13. The zero-order valence-corrected chi connectivity index (χ0v) is 16.3. The number of benzene rings is 1. The van der Waals surface area contributed by atoms with Crippen LogP contribution < -0.4 is 4.74 Å². The maximum Gasteiger partial charge on any atom is 0.307 e.